The van der Waals surface area contributed by atoms with E-state index in [1.807, 2.05) is 72.8 Å². The summed E-state index contributed by atoms with van der Waals surface area (Å²) in [6.45, 7) is 0.783. The Morgan fingerprint density at radius 3 is 2.47 bits per heavy atom. The first-order chi connectivity index (χ1) is 17.6. The molecule has 2 aliphatic heterocycles. The summed E-state index contributed by atoms with van der Waals surface area (Å²) in [5.41, 5.74) is 3.48. The molecular weight excluding hydrogens is 494 g/mol. The molecule has 1 atom stereocenters. The molecule has 1 saturated heterocycles. The van der Waals surface area contributed by atoms with Crippen LogP contribution in [-0.2, 0) is 11.4 Å². The molecule has 1 fully saturated rings. The summed E-state index contributed by atoms with van der Waals surface area (Å²) in [5, 5.41) is 11.5. The second kappa shape index (κ2) is 10.6. The Morgan fingerprint density at radius 2 is 1.78 bits per heavy atom. The fourth-order valence-electron chi connectivity index (χ4n) is 4.38. The van der Waals surface area contributed by atoms with Crippen LogP contribution in [0.5, 0.6) is 11.5 Å². The number of fused-ring (bicyclic) bond motifs is 1. The number of nitriles is 1. The number of rotatable bonds is 6. The molecule has 2 aliphatic rings. The van der Waals surface area contributed by atoms with Crippen LogP contribution in [0.1, 0.15) is 23.5 Å². The molecule has 0 saturated carbocycles. The lowest BCUT2D eigenvalue weighted by atomic mass is 9.86. The van der Waals surface area contributed by atoms with Crippen LogP contribution < -0.4 is 14.4 Å². The normalized spacial score (nSPS) is 17.5. The monoisotopic (exact) mass is 517 g/mol. The Morgan fingerprint density at radius 1 is 1.06 bits per heavy atom. The molecule has 36 heavy (non-hydrogen) atoms. The SMILES string of the molecule is COc1ccc(N2CSC3=C(C#N)C(c4ccc(OCc5ccccc5Cl)cc4)CC(=O)N3C2)cc1. The summed E-state index contributed by atoms with van der Waals surface area (Å²) in [6.07, 6.45) is 0.253. The lowest BCUT2D eigenvalue weighted by Gasteiger charge is -2.42. The van der Waals surface area contributed by atoms with Crippen LogP contribution in [0.4, 0.5) is 5.69 Å². The molecule has 2 heterocycles. The van der Waals surface area contributed by atoms with E-state index in [-0.39, 0.29) is 18.2 Å². The summed E-state index contributed by atoms with van der Waals surface area (Å²) < 4.78 is 11.1. The highest BCUT2D eigenvalue weighted by atomic mass is 35.5. The third-order valence-corrected chi connectivity index (χ3v) is 7.89. The predicted molar refractivity (Wildman–Crippen MR) is 142 cm³/mol. The number of carbonyl (C=O) groups excluding carboxylic acids is 1. The molecule has 1 amide bonds. The van der Waals surface area contributed by atoms with Crippen LogP contribution in [0, 0.1) is 11.3 Å². The first-order valence-electron chi connectivity index (χ1n) is 11.5. The third kappa shape index (κ3) is 4.88. The summed E-state index contributed by atoms with van der Waals surface area (Å²) in [7, 11) is 1.64. The molecule has 8 heteroatoms. The number of thioether (sulfide) groups is 1. The molecular formula is C28H24ClN3O3S. The molecule has 3 aromatic carbocycles. The largest absolute Gasteiger partial charge is 0.497 e. The fraction of sp³-hybridized carbons (Fsp3) is 0.214. The van der Waals surface area contributed by atoms with Crippen molar-refractivity contribution in [3.63, 3.8) is 0 Å². The molecule has 6 nitrogen and oxygen atoms in total. The van der Waals surface area contributed by atoms with E-state index in [9.17, 15) is 10.1 Å². The van der Waals surface area contributed by atoms with Crippen molar-refractivity contribution in [2.75, 3.05) is 24.6 Å². The quantitative estimate of drug-likeness (QED) is 0.391. The van der Waals surface area contributed by atoms with Gasteiger partial charge in [-0.3, -0.25) is 9.69 Å². The van der Waals surface area contributed by atoms with Crippen molar-refractivity contribution in [2.45, 2.75) is 18.9 Å². The van der Waals surface area contributed by atoms with E-state index in [0.29, 0.717) is 35.5 Å². The molecule has 0 spiro atoms. The average molecular weight is 518 g/mol. The van der Waals surface area contributed by atoms with Crippen LogP contribution in [0.2, 0.25) is 5.02 Å². The van der Waals surface area contributed by atoms with Crippen molar-refractivity contribution in [3.05, 3.63) is 99.5 Å². The van der Waals surface area contributed by atoms with Gasteiger partial charge in [-0.05, 0) is 48.0 Å². The topological polar surface area (TPSA) is 65.8 Å². The van der Waals surface area contributed by atoms with Crippen LogP contribution in [0.25, 0.3) is 0 Å². The number of benzene rings is 3. The van der Waals surface area contributed by atoms with E-state index >= 15 is 0 Å². The molecule has 0 N–H and O–H groups in total. The maximum Gasteiger partial charge on any atom is 0.229 e. The van der Waals surface area contributed by atoms with E-state index in [0.717, 1.165) is 27.6 Å². The van der Waals surface area contributed by atoms with Gasteiger partial charge in [-0.1, -0.05) is 53.7 Å². The number of amides is 1. The number of hydrogen-bond donors (Lipinski definition) is 0. The first kappa shape index (κ1) is 24.1. The van der Waals surface area contributed by atoms with E-state index < -0.39 is 0 Å². The number of carbonyl (C=O) groups is 1. The van der Waals surface area contributed by atoms with Gasteiger partial charge < -0.3 is 14.4 Å². The number of hydrogen-bond acceptors (Lipinski definition) is 6. The number of anilines is 1. The van der Waals surface area contributed by atoms with E-state index in [4.69, 9.17) is 21.1 Å². The minimum atomic E-state index is -0.272. The van der Waals surface area contributed by atoms with Crippen molar-refractivity contribution in [1.82, 2.24) is 4.90 Å². The summed E-state index contributed by atoms with van der Waals surface area (Å²) in [6, 6.07) is 25.4. The fourth-order valence-corrected chi connectivity index (χ4v) is 5.73. The van der Waals surface area contributed by atoms with Crippen molar-refractivity contribution >= 4 is 35.0 Å². The van der Waals surface area contributed by atoms with Gasteiger partial charge in [0.25, 0.3) is 0 Å². The van der Waals surface area contributed by atoms with E-state index in [1.54, 1.807) is 12.0 Å². The molecule has 0 radical (unpaired) electrons. The van der Waals surface area contributed by atoms with Gasteiger partial charge >= 0.3 is 0 Å². The number of methoxy groups -OCH3 is 1. The van der Waals surface area contributed by atoms with Gasteiger partial charge in [-0.15, -0.1) is 0 Å². The molecule has 3 aromatic rings. The minimum Gasteiger partial charge on any atom is -0.497 e. The second-order valence-corrected chi connectivity index (χ2v) is 9.85. The lowest BCUT2D eigenvalue weighted by Crippen LogP contribution is -2.47. The van der Waals surface area contributed by atoms with Gasteiger partial charge in [0.2, 0.25) is 5.91 Å². The van der Waals surface area contributed by atoms with Crippen molar-refractivity contribution in [3.8, 4) is 17.6 Å². The zero-order valence-electron chi connectivity index (χ0n) is 19.7. The highest BCUT2D eigenvalue weighted by Crippen LogP contribution is 2.43. The third-order valence-electron chi connectivity index (χ3n) is 6.37. The smallest absolute Gasteiger partial charge is 0.229 e. The van der Waals surface area contributed by atoms with Crippen molar-refractivity contribution in [1.29, 1.82) is 5.26 Å². The van der Waals surface area contributed by atoms with E-state index in [1.165, 1.54) is 11.8 Å². The van der Waals surface area contributed by atoms with Crippen LogP contribution in [0.15, 0.2) is 83.4 Å². The zero-order chi connectivity index (χ0) is 25.1. The summed E-state index contributed by atoms with van der Waals surface area (Å²) in [5.74, 6) is 1.88. The average Bonchev–Trinajstić information content (AvgIpc) is 2.93. The Labute approximate surface area is 219 Å². The van der Waals surface area contributed by atoms with E-state index in [2.05, 4.69) is 11.0 Å². The second-order valence-electron chi connectivity index (χ2n) is 8.51. The van der Waals surface area contributed by atoms with Gasteiger partial charge in [0.1, 0.15) is 18.1 Å². The Balaban J connectivity index is 1.32. The summed E-state index contributed by atoms with van der Waals surface area (Å²) in [4.78, 5) is 17.0. The van der Waals surface area contributed by atoms with Gasteiger partial charge in [0.15, 0.2) is 0 Å². The zero-order valence-corrected chi connectivity index (χ0v) is 21.3. The van der Waals surface area contributed by atoms with Crippen LogP contribution >= 0.6 is 23.4 Å². The highest BCUT2D eigenvalue weighted by Gasteiger charge is 2.38. The van der Waals surface area contributed by atoms with Gasteiger partial charge in [0.05, 0.1) is 36.3 Å². The summed E-state index contributed by atoms with van der Waals surface area (Å²) >= 11 is 7.74. The predicted octanol–water partition coefficient (Wildman–Crippen LogP) is 6.15. The molecule has 5 rings (SSSR count). The van der Waals surface area contributed by atoms with Crippen LogP contribution in [0.3, 0.4) is 0 Å². The van der Waals surface area contributed by atoms with Crippen molar-refractivity contribution < 1.29 is 14.3 Å². The molecule has 0 aromatic heterocycles. The molecule has 0 bridgehead atoms. The van der Waals surface area contributed by atoms with Crippen molar-refractivity contribution in [2.24, 2.45) is 0 Å². The number of halogens is 1. The number of nitrogens with zero attached hydrogens (tertiary/aromatic N) is 3. The lowest BCUT2D eigenvalue weighted by molar-refractivity contribution is -0.129. The molecule has 0 aliphatic carbocycles. The first-order valence-corrected chi connectivity index (χ1v) is 12.9. The molecule has 182 valence electrons. The Kier molecular flexibility index (Phi) is 7.08. The standard InChI is InChI=1S/C28H24ClN3O3S/c1-34-22-12-8-21(9-13-22)31-17-32-27(33)14-24(25(15-30)28(32)36-18-31)19-6-10-23(11-7-19)35-16-20-4-2-3-5-26(20)29/h2-13,24H,14,16-18H2,1H3. The minimum absolute atomic E-state index is 0.0127. The van der Waals surface area contributed by atoms with Gasteiger partial charge in [-0.25, -0.2) is 0 Å². The Hall–Kier alpha value is -3.60. The maximum absolute atomic E-state index is 13.2. The highest BCUT2D eigenvalue weighted by molar-refractivity contribution is 8.03. The van der Waals surface area contributed by atoms with Gasteiger partial charge in [-0.2, -0.15) is 5.26 Å². The number of allylic oxidation sites excluding steroid dienone is 1. The van der Waals surface area contributed by atoms with Crippen LogP contribution in [-0.4, -0.2) is 30.5 Å². The molecule has 1 unspecified atom stereocenters. The Bertz CT molecular complexity index is 1340. The number of ether oxygens (including phenoxy) is 2. The maximum atomic E-state index is 13.2. The van der Waals surface area contributed by atoms with Gasteiger partial charge in [0, 0.05) is 28.6 Å².